The van der Waals surface area contributed by atoms with Crippen molar-refractivity contribution in [1.82, 2.24) is 0 Å². The molecule has 5 heteroatoms. The Hall–Kier alpha value is -2.34. The van der Waals surface area contributed by atoms with Crippen LogP contribution in [0, 0.1) is 22.7 Å². The molecular formula is C14H12N2O3. The molecule has 19 heavy (non-hydrogen) atoms. The van der Waals surface area contributed by atoms with Crippen molar-refractivity contribution in [3.8, 4) is 17.9 Å². The molecule has 5 nitrogen and oxygen atoms in total. The number of rotatable bonds is 3. The van der Waals surface area contributed by atoms with Crippen LogP contribution in [0.1, 0.15) is 17.4 Å². The summed E-state index contributed by atoms with van der Waals surface area (Å²) < 4.78 is 16.1. The van der Waals surface area contributed by atoms with Crippen molar-refractivity contribution in [2.24, 2.45) is 0 Å². The number of nitrogens with zero attached hydrogens (tertiary/aromatic N) is 2. The number of nitriles is 2. The van der Waals surface area contributed by atoms with Crippen LogP contribution in [0.25, 0.3) is 6.08 Å². The van der Waals surface area contributed by atoms with Crippen molar-refractivity contribution in [2.75, 3.05) is 20.3 Å². The molecule has 1 saturated heterocycles. The highest BCUT2D eigenvalue weighted by Crippen LogP contribution is 2.29. The Morgan fingerprint density at radius 2 is 2.00 bits per heavy atom. The van der Waals surface area contributed by atoms with Crippen molar-refractivity contribution < 1.29 is 14.2 Å². The minimum atomic E-state index is -0.377. The molecule has 1 aliphatic rings. The van der Waals surface area contributed by atoms with Gasteiger partial charge in [-0.05, 0) is 12.1 Å². The largest absolute Gasteiger partial charge is 0.496 e. The molecule has 0 aliphatic carbocycles. The van der Waals surface area contributed by atoms with Crippen molar-refractivity contribution in [2.45, 2.75) is 6.29 Å². The predicted molar refractivity (Wildman–Crippen MR) is 66.8 cm³/mol. The highest BCUT2D eigenvalue weighted by Gasteiger charge is 2.19. The van der Waals surface area contributed by atoms with E-state index in [9.17, 15) is 0 Å². The second-order valence-corrected chi connectivity index (χ2v) is 3.86. The summed E-state index contributed by atoms with van der Waals surface area (Å²) in [5.41, 5.74) is 1.55. The van der Waals surface area contributed by atoms with Gasteiger partial charge >= 0.3 is 0 Å². The standard InChI is InChI=1S/C14H12N2O3/c1-17-13-7-12(14-18-4-5-19-14)3-2-11(13)6-10(8-15)9-16/h2-3,6-7,14H,4-5H2,1H3. The van der Waals surface area contributed by atoms with E-state index in [1.807, 2.05) is 18.2 Å². The van der Waals surface area contributed by atoms with Crippen molar-refractivity contribution in [3.63, 3.8) is 0 Å². The minimum Gasteiger partial charge on any atom is -0.496 e. The molecule has 1 aromatic rings. The average molecular weight is 256 g/mol. The molecular weight excluding hydrogens is 244 g/mol. The summed E-state index contributed by atoms with van der Waals surface area (Å²) in [5, 5.41) is 17.5. The Morgan fingerprint density at radius 1 is 1.32 bits per heavy atom. The SMILES string of the molecule is COc1cc(C2OCCO2)ccc1C=C(C#N)C#N. The van der Waals surface area contributed by atoms with Gasteiger partial charge in [-0.15, -0.1) is 0 Å². The molecule has 0 radical (unpaired) electrons. The maximum Gasteiger partial charge on any atom is 0.184 e. The second kappa shape index (κ2) is 6.01. The normalized spacial score (nSPS) is 14.5. The number of methoxy groups -OCH3 is 1. The molecule has 1 fully saturated rings. The van der Waals surface area contributed by atoms with E-state index >= 15 is 0 Å². The monoisotopic (exact) mass is 256 g/mol. The summed E-state index contributed by atoms with van der Waals surface area (Å²) in [7, 11) is 1.53. The van der Waals surface area contributed by atoms with Crippen LogP contribution in [-0.2, 0) is 9.47 Å². The van der Waals surface area contributed by atoms with E-state index in [4.69, 9.17) is 24.7 Å². The van der Waals surface area contributed by atoms with Gasteiger partial charge in [0.25, 0.3) is 0 Å². The van der Waals surface area contributed by atoms with Gasteiger partial charge in [-0.1, -0.05) is 12.1 Å². The summed E-state index contributed by atoms with van der Waals surface area (Å²) in [6.07, 6.45) is 1.11. The maximum absolute atomic E-state index is 8.76. The lowest BCUT2D eigenvalue weighted by atomic mass is 10.1. The predicted octanol–water partition coefficient (Wildman–Crippen LogP) is 2.17. The zero-order valence-electron chi connectivity index (χ0n) is 10.4. The molecule has 1 aromatic carbocycles. The fraction of sp³-hybridized carbons (Fsp3) is 0.286. The van der Waals surface area contributed by atoms with Crippen molar-refractivity contribution >= 4 is 6.08 Å². The third-order valence-corrected chi connectivity index (χ3v) is 2.69. The van der Waals surface area contributed by atoms with Crippen molar-refractivity contribution in [3.05, 3.63) is 34.9 Å². The minimum absolute atomic E-state index is 0.0272. The van der Waals surface area contributed by atoms with E-state index in [1.54, 1.807) is 12.1 Å². The van der Waals surface area contributed by atoms with Crippen LogP contribution < -0.4 is 4.74 Å². The van der Waals surface area contributed by atoms with Crippen LogP contribution in [0.2, 0.25) is 0 Å². The van der Waals surface area contributed by atoms with Crippen LogP contribution >= 0.6 is 0 Å². The van der Waals surface area contributed by atoms with Gasteiger partial charge in [0.05, 0.1) is 20.3 Å². The Labute approximate surface area is 111 Å². The summed E-state index contributed by atoms with van der Waals surface area (Å²) >= 11 is 0. The summed E-state index contributed by atoms with van der Waals surface area (Å²) in [6.45, 7) is 1.14. The Bertz CT molecular complexity index is 559. The smallest absolute Gasteiger partial charge is 0.184 e. The lowest BCUT2D eigenvalue weighted by molar-refractivity contribution is -0.0442. The van der Waals surface area contributed by atoms with E-state index in [2.05, 4.69) is 0 Å². The molecule has 0 unspecified atom stereocenters. The van der Waals surface area contributed by atoms with Gasteiger partial charge < -0.3 is 14.2 Å². The second-order valence-electron chi connectivity index (χ2n) is 3.86. The van der Waals surface area contributed by atoms with E-state index in [1.165, 1.54) is 13.2 Å². The average Bonchev–Trinajstić information content (AvgIpc) is 2.99. The zero-order chi connectivity index (χ0) is 13.7. The third-order valence-electron chi connectivity index (χ3n) is 2.69. The third kappa shape index (κ3) is 2.92. The first-order valence-electron chi connectivity index (χ1n) is 5.71. The van der Waals surface area contributed by atoms with E-state index in [0.717, 1.165) is 5.56 Å². The Morgan fingerprint density at radius 3 is 2.58 bits per heavy atom. The molecule has 1 heterocycles. The molecule has 0 bridgehead atoms. The first kappa shape index (κ1) is 13.1. The number of ether oxygens (including phenoxy) is 3. The van der Waals surface area contributed by atoms with Gasteiger partial charge in [0, 0.05) is 11.1 Å². The molecule has 96 valence electrons. The van der Waals surface area contributed by atoms with Crippen LogP contribution in [0.3, 0.4) is 0 Å². The molecule has 0 N–H and O–H groups in total. The van der Waals surface area contributed by atoms with Gasteiger partial charge in [0.2, 0.25) is 0 Å². The maximum atomic E-state index is 8.76. The summed E-state index contributed by atoms with van der Waals surface area (Å²) in [5.74, 6) is 0.569. The Balaban J connectivity index is 2.34. The quantitative estimate of drug-likeness (QED) is 0.775. The van der Waals surface area contributed by atoms with E-state index in [0.29, 0.717) is 24.5 Å². The summed E-state index contributed by atoms with van der Waals surface area (Å²) in [6, 6.07) is 9.02. The molecule has 0 amide bonds. The molecule has 1 aliphatic heterocycles. The van der Waals surface area contributed by atoms with Gasteiger partial charge in [0.15, 0.2) is 6.29 Å². The van der Waals surface area contributed by atoms with Gasteiger partial charge in [-0.2, -0.15) is 10.5 Å². The number of benzene rings is 1. The van der Waals surface area contributed by atoms with E-state index < -0.39 is 0 Å². The van der Waals surface area contributed by atoms with Crippen LogP contribution in [0.5, 0.6) is 5.75 Å². The van der Waals surface area contributed by atoms with E-state index in [-0.39, 0.29) is 11.9 Å². The fourth-order valence-electron chi connectivity index (χ4n) is 1.79. The zero-order valence-corrected chi connectivity index (χ0v) is 10.4. The van der Waals surface area contributed by atoms with Crippen LogP contribution in [0.4, 0.5) is 0 Å². The fourth-order valence-corrected chi connectivity index (χ4v) is 1.79. The lowest BCUT2D eigenvalue weighted by Crippen LogP contribution is -1.99. The van der Waals surface area contributed by atoms with Crippen molar-refractivity contribution in [1.29, 1.82) is 10.5 Å². The Kier molecular flexibility index (Phi) is 4.15. The lowest BCUT2D eigenvalue weighted by Gasteiger charge is -2.12. The molecule has 2 rings (SSSR count). The molecule has 0 atom stereocenters. The van der Waals surface area contributed by atoms with Gasteiger partial charge in [-0.3, -0.25) is 0 Å². The topological polar surface area (TPSA) is 75.3 Å². The van der Waals surface area contributed by atoms with Gasteiger partial charge in [-0.25, -0.2) is 0 Å². The molecule has 0 aromatic heterocycles. The van der Waals surface area contributed by atoms with Crippen LogP contribution in [0.15, 0.2) is 23.8 Å². The van der Waals surface area contributed by atoms with Gasteiger partial charge in [0.1, 0.15) is 23.5 Å². The highest BCUT2D eigenvalue weighted by molar-refractivity contribution is 5.66. The number of hydrogen-bond acceptors (Lipinski definition) is 5. The number of allylic oxidation sites excluding steroid dienone is 1. The highest BCUT2D eigenvalue weighted by atomic mass is 16.7. The first-order valence-corrected chi connectivity index (χ1v) is 5.71. The summed E-state index contributed by atoms with van der Waals surface area (Å²) in [4.78, 5) is 0. The first-order chi connectivity index (χ1) is 9.28. The van der Waals surface area contributed by atoms with Crippen LogP contribution in [-0.4, -0.2) is 20.3 Å². The molecule has 0 spiro atoms. The molecule has 0 saturated carbocycles. The number of hydrogen-bond donors (Lipinski definition) is 0.